The van der Waals surface area contributed by atoms with Crippen molar-refractivity contribution in [3.05, 3.63) is 39.9 Å². The molecule has 0 aliphatic carbocycles. The monoisotopic (exact) mass is 206 g/mol. The predicted octanol–water partition coefficient (Wildman–Crippen LogP) is 1.15. The van der Waals surface area contributed by atoms with Gasteiger partial charge in [0.05, 0.1) is 11.4 Å². The Morgan fingerprint density at radius 3 is 2.80 bits per heavy atom. The summed E-state index contributed by atoms with van der Waals surface area (Å²) in [6.45, 7) is 3.43. The van der Waals surface area contributed by atoms with Crippen LogP contribution in [0.4, 0.5) is 0 Å². The van der Waals surface area contributed by atoms with Crippen LogP contribution < -0.4 is 5.43 Å². The van der Waals surface area contributed by atoms with E-state index in [4.69, 9.17) is 4.52 Å². The van der Waals surface area contributed by atoms with Crippen molar-refractivity contribution in [1.29, 1.82) is 0 Å². The molecule has 2 aromatic heterocycles. The topological polar surface area (TPSA) is 68.3 Å². The van der Waals surface area contributed by atoms with E-state index in [1.165, 1.54) is 12.3 Å². The normalized spacial score (nSPS) is 10.5. The van der Waals surface area contributed by atoms with Crippen LogP contribution >= 0.6 is 0 Å². The zero-order chi connectivity index (χ0) is 11.0. The van der Waals surface area contributed by atoms with Crippen molar-refractivity contribution in [2.75, 3.05) is 0 Å². The van der Waals surface area contributed by atoms with Gasteiger partial charge in [-0.05, 0) is 13.8 Å². The van der Waals surface area contributed by atoms with Crippen LogP contribution in [0.1, 0.15) is 11.4 Å². The second-order valence-electron chi connectivity index (χ2n) is 3.29. The van der Waals surface area contributed by atoms with Gasteiger partial charge in [-0.25, -0.2) is 0 Å². The summed E-state index contributed by atoms with van der Waals surface area (Å²) >= 11 is 0. The van der Waals surface area contributed by atoms with Gasteiger partial charge in [0.15, 0.2) is 5.75 Å². The van der Waals surface area contributed by atoms with Gasteiger partial charge >= 0.3 is 0 Å². The molecule has 78 valence electrons. The van der Waals surface area contributed by atoms with E-state index < -0.39 is 5.43 Å². The van der Waals surface area contributed by atoms with E-state index in [-0.39, 0.29) is 5.75 Å². The lowest BCUT2D eigenvalue weighted by Crippen LogP contribution is -2.07. The molecule has 0 amide bonds. The van der Waals surface area contributed by atoms with E-state index in [0.29, 0.717) is 11.6 Å². The molecule has 0 aromatic carbocycles. The lowest BCUT2D eigenvalue weighted by Gasteiger charge is -2.06. The van der Waals surface area contributed by atoms with Gasteiger partial charge in [0, 0.05) is 18.3 Å². The van der Waals surface area contributed by atoms with Crippen LogP contribution in [0.2, 0.25) is 0 Å². The molecule has 2 rings (SSSR count). The third-order valence-corrected chi connectivity index (χ3v) is 2.17. The maximum atomic E-state index is 11.1. The molecule has 0 atom stereocenters. The third-order valence-electron chi connectivity index (χ3n) is 2.17. The van der Waals surface area contributed by atoms with E-state index >= 15 is 0 Å². The maximum absolute atomic E-state index is 11.1. The second-order valence-corrected chi connectivity index (χ2v) is 3.29. The SMILES string of the molecule is Cc1cc(-n2ccc(=O)c(O)c2C)on1. The molecule has 1 N–H and O–H groups in total. The highest BCUT2D eigenvalue weighted by atomic mass is 16.5. The molecule has 0 aliphatic rings. The minimum atomic E-state index is -0.403. The lowest BCUT2D eigenvalue weighted by atomic mass is 10.3. The molecule has 0 spiro atoms. The molecule has 0 unspecified atom stereocenters. The summed E-state index contributed by atoms with van der Waals surface area (Å²) < 4.78 is 6.59. The molecule has 0 aliphatic heterocycles. The van der Waals surface area contributed by atoms with Gasteiger partial charge in [-0.2, -0.15) is 0 Å². The van der Waals surface area contributed by atoms with E-state index in [0.717, 1.165) is 5.69 Å². The van der Waals surface area contributed by atoms with E-state index in [2.05, 4.69) is 5.16 Å². The first-order valence-corrected chi connectivity index (χ1v) is 4.44. The van der Waals surface area contributed by atoms with Gasteiger partial charge in [0.25, 0.3) is 0 Å². The van der Waals surface area contributed by atoms with Crippen molar-refractivity contribution < 1.29 is 9.63 Å². The molecule has 2 heterocycles. The highest BCUT2D eigenvalue weighted by Gasteiger charge is 2.09. The Hall–Kier alpha value is -2.04. The summed E-state index contributed by atoms with van der Waals surface area (Å²) in [6, 6.07) is 3.00. The fourth-order valence-electron chi connectivity index (χ4n) is 1.33. The zero-order valence-corrected chi connectivity index (χ0v) is 8.39. The molecule has 0 bridgehead atoms. The zero-order valence-electron chi connectivity index (χ0n) is 8.39. The Morgan fingerprint density at radius 2 is 2.20 bits per heavy atom. The molecule has 0 saturated carbocycles. The summed E-state index contributed by atoms with van der Waals surface area (Å²) in [5.41, 5.74) is 0.765. The Morgan fingerprint density at radius 1 is 1.47 bits per heavy atom. The molecular weight excluding hydrogens is 196 g/mol. The van der Waals surface area contributed by atoms with Gasteiger partial charge in [0.1, 0.15) is 0 Å². The fourth-order valence-corrected chi connectivity index (χ4v) is 1.33. The van der Waals surface area contributed by atoms with Crippen molar-refractivity contribution >= 4 is 0 Å². The van der Waals surface area contributed by atoms with E-state index in [1.54, 1.807) is 24.5 Å². The average Bonchev–Trinajstić information content (AvgIpc) is 2.61. The minimum Gasteiger partial charge on any atom is -0.503 e. The molecule has 15 heavy (non-hydrogen) atoms. The summed E-state index contributed by atoms with van der Waals surface area (Å²) in [5, 5.41) is 13.2. The largest absolute Gasteiger partial charge is 0.503 e. The number of hydrogen-bond acceptors (Lipinski definition) is 4. The van der Waals surface area contributed by atoms with Crippen LogP contribution in [0.25, 0.3) is 5.88 Å². The summed E-state index contributed by atoms with van der Waals surface area (Å²) in [4.78, 5) is 11.1. The maximum Gasteiger partial charge on any atom is 0.235 e. The molecule has 2 aromatic rings. The number of rotatable bonds is 1. The Labute approximate surface area is 85.6 Å². The first kappa shape index (κ1) is 9.51. The van der Waals surface area contributed by atoms with Gasteiger partial charge in [0.2, 0.25) is 11.3 Å². The standard InChI is InChI=1S/C10H10N2O3/c1-6-5-9(15-11-6)12-4-3-8(13)10(14)7(12)2/h3-5,14H,1-2H3. The van der Waals surface area contributed by atoms with Crippen molar-refractivity contribution in [3.8, 4) is 11.6 Å². The number of aryl methyl sites for hydroxylation is 1. The second kappa shape index (κ2) is 3.27. The first-order chi connectivity index (χ1) is 7.09. The van der Waals surface area contributed by atoms with Crippen molar-refractivity contribution in [2.45, 2.75) is 13.8 Å². The minimum absolute atomic E-state index is 0.272. The molecule has 0 radical (unpaired) electrons. The number of hydrogen-bond donors (Lipinski definition) is 1. The third kappa shape index (κ3) is 1.52. The smallest absolute Gasteiger partial charge is 0.235 e. The Kier molecular flexibility index (Phi) is 2.07. The first-order valence-electron chi connectivity index (χ1n) is 4.44. The number of pyridine rings is 1. The number of aromatic nitrogens is 2. The molecular formula is C10H10N2O3. The lowest BCUT2D eigenvalue weighted by molar-refractivity contribution is 0.395. The van der Waals surface area contributed by atoms with Gasteiger partial charge in [-0.15, -0.1) is 0 Å². The van der Waals surface area contributed by atoms with Crippen LogP contribution in [0.5, 0.6) is 5.75 Å². The fraction of sp³-hybridized carbons (Fsp3) is 0.200. The quantitative estimate of drug-likeness (QED) is 0.759. The molecule has 0 saturated heterocycles. The van der Waals surface area contributed by atoms with Crippen LogP contribution in [0.15, 0.2) is 27.6 Å². The van der Waals surface area contributed by atoms with Crippen molar-refractivity contribution in [3.63, 3.8) is 0 Å². The van der Waals surface area contributed by atoms with E-state index in [9.17, 15) is 9.90 Å². The summed E-state index contributed by atoms with van der Waals surface area (Å²) in [6.07, 6.45) is 1.54. The van der Waals surface area contributed by atoms with Crippen LogP contribution in [0.3, 0.4) is 0 Å². The van der Waals surface area contributed by atoms with Crippen LogP contribution in [0, 0.1) is 13.8 Å². The van der Waals surface area contributed by atoms with Gasteiger partial charge in [-0.3, -0.25) is 9.36 Å². The Balaban J connectivity index is 2.64. The molecule has 5 heteroatoms. The van der Waals surface area contributed by atoms with Gasteiger partial charge < -0.3 is 9.63 Å². The number of aromatic hydroxyl groups is 1. The Bertz CT molecular complexity index is 554. The van der Waals surface area contributed by atoms with E-state index in [1.807, 2.05) is 0 Å². The summed E-state index contributed by atoms with van der Waals surface area (Å²) in [5.74, 6) is 0.201. The van der Waals surface area contributed by atoms with Crippen molar-refractivity contribution in [1.82, 2.24) is 9.72 Å². The van der Waals surface area contributed by atoms with Gasteiger partial charge in [-0.1, -0.05) is 5.16 Å². The predicted molar refractivity (Wildman–Crippen MR) is 53.2 cm³/mol. The molecule has 5 nitrogen and oxygen atoms in total. The average molecular weight is 206 g/mol. The molecule has 0 fully saturated rings. The number of nitrogens with zero attached hydrogens (tertiary/aromatic N) is 2. The van der Waals surface area contributed by atoms with Crippen LogP contribution in [-0.2, 0) is 0 Å². The van der Waals surface area contributed by atoms with Crippen molar-refractivity contribution in [2.24, 2.45) is 0 Å². The highest BCUT2D eigenvalue weighted by molar-refractivity contribution is 5.32. The highest BCUT2D eigenvalue weighted by Crippen LogP contribution is 2.16. The summed E-state index contributed by atoms with van der Waals surface area (Å²) in [7, 11) is 0. The van der Waals surface area contributed by atoms with Crippen LogP contribution in [-0.4, -0.2) is 14.8 Å².